The van der Waals surface area contributed by atoms with Gasteiger partial charge in [0.25, 0.3) is 5.56 Å². The Labute approximate surface area is 188 Å². The number of piperazine rings is 1. The molecule has 158 valence electrons. The Kier molecular flexibility index (Phi) is 6.70. The maximum atomic E-state index is 12.2. The molecule has 0 spiro atoms. The quantitative estimate of drug-likeness (QED) is 0.555. The third kappa shape index (κ3) is 4.84. The molecule has 1 aromatic carbocycles. The number of aromatic nitrogens is 3. The Balaban J connectivity index is 1.31. The zero-order valence-electron chi connectivity index (χ0n) is 16.4. The Hall–Kier alpha value is -1.97. The van der Waals surface area contributed by atoms with Gasteiger partial charge >= 0.3 is 0 Å². The molecular weight excluding hydrogens is 445 g/mol. The molecule has 0 atom stereocenters. The van der Waals surface area contributed by atoms with Crippen molar-refractivity contribution in [3.8, 4) is 16.3 Å². The molecule has 0 radical (unpaired) electrons. The van der Waals surface area contributed by atoms with Crippen LogP contribution in [0.15, 0.2) is 40.6 Å². The first-order valence-electron chi connectivity index (χ1n) is 9.48. The van der Waals surface area contributed by atoms with E-state index in [1.165, 1.54) is 10.9 Å². The number of hydrogen-bond donors (Lipinski definition) is 0. The van der Waals surface area contributed by atoms with E-state index in [-0.39, 0.29) is 15.6 Å². The average Bonchev–Trinajstić information content (AvgIpc) is 3.24. The first-order valence-corrected chi connectivity index (χ1v) is 11.1. The minimum absolute atomic E-state index is 0.0153. The standard InChI is InChI=1S/C20H21Cl2N5O2S/c1-29-16-4-2-14(3-5-16)19-24-15(12-30-19)11-25-6-8-26(9-7-25)13-27-20(28)18(22)17(21)10-23-27/h2-5,10,12H,6-9,11,13H2,1H3. The van der Waals surface area contributed by atoms with E-state index in [1.807, 2.05) is 24.3 Å². The Bertz CT molecular complexity index is 1060. The summed E-state index contributed by atoms with van der Waals surface area (Å²) in [7, 11) is 1.66. The monoisotopic (exact) mass is 465 g/mol. The Morgan fingerprint density at radius 3 is 2.50 bits per heavy atom. The van der Waals surface area contributed by atoms with Crippen LogP contribution in [0.1, 0.15) is 5.69 Å². The molecule has 0 N–H and O–H groups in total. The van der Waals surface area contributed by atoms with Gasteiger partial charge in [-0.1, -0.05) is 23.2 Å². The summed E-state index contributed by atoms with van der Waals surface area (Å²) < 4.78 is 6.56. The number of rotatable bonds is 6. The van der Waals surface area contributed by atoms with Gasteiger partial charge in [-0.05, 0) is 24.3 Å². The van der Waals surface area contributed by atoms with Crippen molar-refractivity contribution in [1.29, 1.82) is 0 Å². The van der Waals surface area contributed by atoms with Crippen molar-refractivity contribution in [3.05, 3.63) is 61.9 Å². The van der Waals surface area contributed by atoms with Gasteiger partial charge in [-0.2, -0.15) is 5.10 Å². The molecule has 1 aliphatic rings. The molecule has 10 heteroatoms. The first-order chi connectivity index (χ1) is 14.5. The highest BCUT2D eigenvalue weighted by atomic mass is 35.5. The molecule has 0 amide bonds. The fourth-order valence-electron chi connectivity index (χ4n) is 3.30. The summed E-state index contributed by atoms with van der Waals surface area (Å²) in [6, 6.07) is 7.95. The largest absolute Gasteiger partial charge is 0.497 e. The molecule has 1 aliphatic heterocycles. The third-order valence-corrected chi connectivity index (χ3v) is 6.70. The molecular formula is C20H21Cl2N5O2S. The van der Waals surface area contributed by atoms with Crippen LogP contribution in [0.4, 0.5) is 0 Å². The molecule has 1 saturated heterocycles. The molecule has 0 aliphatic carbocycles. The molecule has 0 unspecified atom stereocenters. The van der Waals surface area contributed by atoms with Crippen molar-refractivity contribution in [2.75, 3.05) is 33.3 Å². The summed E-state index contributed by atoms with van der Waals surface area (Å²) in [5, 5.41) is 7.40. The highest BCUT2D eigenvalue weighted by Crippen LogP contribution is 2.26. The topological polar surface area (TPSA) is 63.5 Å². The van der Waals surface area contributed by atoms with Crippen LogP contribution < -0.4 is 10.3 Å². The fraction of sp³-hybridized carbons (Fsp3) is 0.350. The van der Waals surface area contributed by atoms with E-state index in [2.05, 4.69) is 20.3 Å². The minimum Gasteiger partial charge on any atom is -0.497 e. The second-order valence-electron chi connectivity index (χ2n) is 7.02. The van der Waals surface area contributed by atoms with Gasteiger partial charge in [0, 0.05) is 43.7 Å². The third-order valence-electron chi connectivity index (χ3n) is 5.02. The summed E-state index contributed by atoms with van der Waals surface area (Å²) in [6.45, 7) is 4.68. The smallest absolute Gasteiger partial charge is 0.288 e. The van der Waals surface area contributed by atoms with Crippen molar-refractivity contribution < 1.29 is 4.74 Å². The van der Waals surface area contributed by atoms with Gasteiger partial charge < -0.3 is 4.74 Å². The first kappa shape index (κ1) is 21.3. The number of ether oxygens (including phenoxy) is 1. The lowest BCUT2D eigenvalue weighted by molar-refractivity contribution is 0.0963. The van der Waals surface area contributed by atoms with Crippen LogP contribution in [0.25, 0.3) is 10.6 Å². The molecule has 1 fully saturated rings. The maximum Gasteiger partial charge on any atom is 0.288 e. The minimum atomic E-state index is -0.361. The number of thiazole rings is 1. The molecule has 7 nitrogen and oxygen atoms in total. The fourth-order valence-corrected chi connectivity index (χ4v) is 4.39. The Morgan fingerprint density at radius 2 is 1.80 bits per heavy atom. The lowest BCUT2D eigenvalue weighted by atomic mass is 10.2. The van der Waals surface area contributed by atoms with Crippen molar-refractivity contribution in [2.24, 2.45) is 0 Å². The SMILES string of the molecule is COc1ccc(-c2nc(CN3CCN(Cn4ncc(Cl)c(Cl)c4=O)CC3)cs2)cc1. The van der Waals surface area contributed by atoms with Crippen molar-refractivity contribution in [2.45, 2.75) is 13.2 Å². The predicted octanol–water partition coefficient (Wildman–Crippen LogP) is 3.46. The van der Waals surface area contributed by atoms with Gasteiger partial charge in [0.2, 0.25) is 0 Å². The van der Waals surface area contributed by atoms with E-state index in [9.17, 15) is 4.79 Å². The van der Waals surface area contributed by atoms with Crippen LogP contribution in [-0.2, 0) is 13.2 Å². The van der Waals surface area contributed by atoms with Gasteiger partial charge in [0.05, 0.1) is 30.7 Å². The normalized spacial score (nSPS) is 15.4. The van der Waals surface area contributed by atoms with Crippen molar-refractivity contribution in [3.63, 3.8) is 0 Å². The lowest BCUT2D eigenvalue weighted by Gasteiger charge is -2.34. The van der Waals surface area contributed by atoms with Crippen LogP contribution in [0.5, 0.6) is 5.75 Å². The van der Waals surface area contributed by atoms with Gasteiger partial charge in [-0.25, -0.2) is 9.67 Å². The molecule has 3 heterocycles. The van der Waals surface area contributed by atoms with E-state index in [4.69, 9.17) is 32.9 Å². The number of nitrogens with zero attached hydrogens (tertiary/aromatic N) is 5. The summed E-state index contributed by atoms with van der Waals surface area (Å²) in [4.78, 5) is 21.5. The van der Waals surface area contributed by atoms with Crippen LogP contribution in [0.3, 0.4) is 0 Å². The summed E-state index contributed by atoms with van der Waals surface area (Å²) in [6.07, 6.45) is 1.41. The van der Waals surface area contributed by atoms with Gasteiger partial charge in [0.15, 0.2) is 0 Å². The predicted molar refractivity (Wildman–Crippen MR) is 119 cm³/mol. The zero-order valence-corrected chi connectivity index (χ0v) is 18.8. The molecule has 30 heavy (non-hydrogen) atoms. The van der Waals surface area contributed by atoms with Crippen molar-refractivity contribution in [1.82, 2.24) is 24.6 Å². The lowest BCUT2D eigenvalue weighted by Crippen LogP contribution is -2.47. The highest BCUT2D eigenvalue weighted by Gasteiger charge is 2.19. The second-order valence-corrected chi connectivity index (χ2v) is 8.66. The molecule has 2 aromatic heterocycles. The van der Waals surface area contributed by atoms with Gasteiger partial charge in [-0.15, -0.1) is 11.3 Å². The second kappa shape index (κ2) is 9.45. The van der Waals surface area contributed by atoms with E-state index >= 15 is 0 Å². The van der Waals surface area contributed by atoms with Crippen LogP contribution >= 0.6 is 34.5 Å². The average molecular weight is 466 g/mol. The van der Waals surface area contributed by atoms with Crippen LogP contribution in [0, 0.1) is 0 Å². The highest BCUT2D eigenvalue weighted by molar-refractivity contribution is 7.13. The van der Waals surface area contributed by atoms with E-state index < -0.39 is 0 Å². The van der Waals surface area contributed by atoms with Gasteiger partial charge in [0.1, 0.15) is 15.8 Å². The molecule has 4 rings (SSSR count). The number of hydrogen-bond acceptors (Lipinski definition) is 7. The van der Waals surface area contributed by atoms with Crippen molar-refractivity contribution >= 4 is 34.5 Å². The van der Waals surface area contributed by atoms with E-state index in [1.54, 1.807) is 18.4 Å². The summed E-state index contributed by atoms with van der Waals surface area (Å²) in [5.41, 5.74) is 1.80. The van der Waals surface area contributed by atoms with Gasteiger partial charge in [-0.3, -0.25) is 14.6 Å². The molecule has 0 bridgehead atoms. The number of halogens is 2. The zero-order chi connectivity index (χ0) is 21.1. The molecule has 3 aromatic rings. The maximum absolute atomic E-state index is 12.2. The number of methoxy groups -OCH3 is 1. The summed E-state index contributed by atoms with van der Waals surface area (Å²) in [5.74, 6) is 0.840. The molecule has 0 saturated carbocycles. The van der Waals surface area contributed by atoms with Crippen LogP contribution in [0.2, 0.25) is 10.0 Å². The number of benzene rings is 1. The van der Waals surface area contributed by atoms with Crippen LogP contribution in [-0.4, -0.2) is 57.9 Å². The van der Waals surface area contributed by atoms with E-state index in [0.717, 1.165) is 54.7 Å². The summed E-state index contributed by atoms with van der Waals surface area (Å²) >= 11 is 13.4. The Morgan fingerprint density at radius 1 is 1.10 bits per heavy atom. The van der Waals surface area contributed by atoms with E-state index in [0.29, 0.717) is 6.67 Å².